The van der Waals surface area contributed by atoms with Gasteiger partial charge in [-0.05, 0) is 150 Å². The van der Waals surface area contributed by atoms with E-state index in [4.69, 9.17) is 0 Å². The first-order valence-electron chi connectivity index (χ1n) is 21.6. The van der Waals surface area contributed by atoms with Crippen molar-refractivity contribution in [1.82, 2.24) is 0 Å². The van der Waals surface area contributed by atoms with E-state index in [1.54, 1.807) is 0 Å². The van der Waals surface area contributed by atoms with Crippen molar-refractivity contribution >= 4 is 64.6 Å². The molecule has 0 atom stereocenters. The Bertz CT molecular complexity index is 3800. The third-order valence-electron chi connectivity index (χ3n) is 13.4. The molecule has 0 nitrogen and oxygen atoms in total. The topological polar surface area (TPSA) is 0 Å². The van der Waals surface area contributed by atoms with Crippen LogP contribution in [0.2, 0.25) is 0 Å². The summed E-state index contributed by atoms with van der Waals surface area (Å²) >= 11 is 0. The van der Waals surface area contributed by atoms with E-state index in [-0.39, 0.29) is 0 Å². The Kier molecular flexibility index (Phi) is 7.71. The molecule has 0 radical (unpaired) electrons. The van der Waals surface area contributed by atoms with Crippen molar-refractivity contribution in [2.75, 3.05) is 0 Å². The maximum atomic E-state index is 2.34. The fourth-order valence-corrected chi connectivity index (χ4v) is 10.3. The van der Waals surface area contributed by atoms with Crippen molar-refractivity contribution in [3.8, 4) is 66.8 Å². The van der Waals surface area contributed by atoms with Gasteiger partial charge in [0.15, 0.2) is 0 Å². The van der Waals surface area contributed by atoms with Gasteiger partial charge < -0.3 is 0 Å². The molecule has 0 bridgehead atoms. The van der Waals surface area contributed by atoms with Crippen molar-refractivity contribution in [2.45, 2.75) is 0 Å². The van der Waals surface area contributed by atoms with Crippen molar-refractivity contribution in [1.29, 1.82) is 0 Å². The monoisotopic (exact) mass is 782 g/mol. The second-order valence-corrected chi connectivity index (χ2v) is 16.8. The number of benzene rings is 13. The smallest absolute Gasteiger partial charge is 0.00206 e. The summed E-state index contributed by atoms with van der Waals surface area (Å²) in [6.45, 7) is 0. The van der Waals surface area contributed by atoms with E-state index >= 15 is 0 Å². The zero-order valence-corrected chi connectivity index (χ0v) is 33.9. The van der Waals surface area contributed by atoms with Gasteiger partial charge in [-0.15, -0.1) is 0 Å². The minimum absolute atomic E-state index is 1.21. The Labute approximate surface area is 360 Å². The lowest BCUT2D eigenvalue weighted by Gasteiger charge is -2.15. The lowest BCUT2D eigenvalue weighted by atomic mass is 9.89. The van der Waals surface area contributed by atoms with Crippen LogP contribution in [0.3, 0.4) is 0 Å². The predicted octanol–water partition coefficient (Wildman–Crippen LogP) is 17.5. The number of hydrogen-bond acceptors (Lipinski definition) is 0. The molecule has 13 rings (SSSR count). The molecule has 0 unspecified atom stereocenters. The first-order valence-corrected chi connectivity index (χ1v) is 21.6. The third kappa shape index (κ3) is 5.54. The second kappa shape index (κ2) is 13.7. The highest BCUT2D eigenvalue weighted by Crippen LogP contribution is 2.42. The van der Waals surface area contributed by atoms with Crippen LogP contribution in [0.5, 0.6) is 0 Å². The molecule has 0 fully saturated rings. The van der Waals surface area contributed by atoms with Gasteiger partial charge in [-0.25, -0.2) is 0 Å². The molecule has 62 heavy (non-hydrogen) atoms. The van der Waals surface area contributed by atoms with Crippen LogP contribution in [0, 0.1) is 0 Å². The molecule has 0 spiro atoms. The van der Waals surface area contributed by atoms with Gasteiger partial charge in [-0.1, -0.05) is 212 Å². The van der Waals surface area contributed by atoms with Crippen LogP contribution in [0.1, 0.15) is 0 Å². The van der Waals surface area contributed by atoms with Crippen LogP contribution in [-0.4, -0.2) is 0 Å². The summed E-state index contributed by atoms with van der Waals surface area (Å²) in [4.78, 5) is 0. The molecule has 0 saturated carbocycles. The lowest BCUT2D eigenvalue weighted by Crippen LogP contribution is -1.88. The van der Waals surface area contributed by atoms with Crippen molar-refractivity contribution < 1.29 is 0 Å². The molecule has 0 amide bonds. The SMILES string of the molecule is c1cc(-c2ccc(-c3cccc(-c4ccc5ccc6cccc7ccc4c5c67)c3)cc2)cc(-c2cccc(-c3ccc(-c4ccc5ccc6cccc7ccc4c5c67)cc3)c2)c1. The quantitative estimate of drug-likeness (QED) is 0.147. The van der Waals surface area contributed by atoms with Crippen LogP contribution in [-0.2, 0) is 0 Å². The molecular weight excluding hydrogens is 745 g/mol. The maximum Gasteiger partial charge on any atom is -0.00206 e. The summed E-state index contributed by atoms with van der Waals surface area (Å²) < 4.78 is 0. The van der Waals surface area contributed by atoms with E-state index < -0.39 is 0 Å². The van der Waals surface area contributed by atoms with Gasteiger partial charge in [0.2, 0.25) is 0 Å². The van der Waals surface area contributed by atoms with Crippen LogP contribution < -0.4 is 0 Å². The van der Waals surface area contributed by atoms with Gasteiger partial charge in [-0.3, -0.25) is 0 Å². The zero-order valence-electron chi connectivity index (χ0n) is 33.9. The maximum absolute atomic E-state index is 2.34. The Morgan fingerprint density at radius 3 is 0.855 bits per heavy atom. The minimum Gasteiger partial charge on any atom is -0.0610 e. The van der Waals surface area contributed by atoms with Gasteiger partial charge in [0.1, 0.15) is 0 Å². The molecule has 0 heteroatoms. The van der Waals surface area contributed by atoms with E-state index in [1.807, 2.05) is 0 Å². The number of hydrogen-bond donors (Lipinski definition) is 0. The predicted molar refractivity (Wildman–Crippen MR) is 266 cm³/mol. The van der Waals surface area contributed by atoms with Crippen molar-refractivity contribution in [3.05, 3.63) is 231 Å². The Morgan fingerprint density at radius 1 is 0.161 bits per heavy atom. The average molecular weight is 783 g/mol. The highest BCUT2D eigenvalue weighted by Gasteiger charge is 2.15. The summed E-state index contributed by atoms with van der Waals surface area (Å²) in [5.41, 5.74) is 14.7. The van der Waals surface area contributed by atoms with Crippen molar-refractivity contribution in [2.24, 2.45) is 0 Å². The molecular formula is C62H38. The molecule has 0 N–H and O–H groups in total. The van der Waals surface area contributed by atoms with E-state index in [2.05, 4.69) is 231 Å². The van der Waals surface area contributed by atoms with Crippen LogP contribution >= 0.6 is 0 Å². The summed E-state index contributed by atoms with van der Waals surface area (Å²) in [6.07, 6.45) is 0. The van der Waals surface area contributed by atoms with Gasteiger partial charge in [-0.2, -0.15) is 0 Å². The molecule has 0 aliphatic heterocycles. The normalized spacial score (nSPS) is 11.9. The Hall–Kier alpha value is -8.06. The molecule has 13 aromatic carbocycles. The zero-order chi connectivity index (χ0) is 40.7. The highest BCUT2D eigenvalue weighted by molar-refractivity contribution is 6.26. The van der Waals surface area contributed by atoms with Crippen LogP contribution in [0.4, 0.5) is 0 Å². The van der Waals surface area contributed by atoms with E-state index in [1.165, 1.54) is 131 Å². The molecule has 0 aromatic heterocycles. The van der Waals surface area contributed by atoms with Crippen LogP contribution in [0.15, 0.2) is 231 Å². The largest absolute Gasteiger partial charge is 0.0610 e. The molecule has 0 aliphatic carbocycles. The first kappa shape index (κ1) is 34.8. The summed E-state index contributed by atoms with van der Waals surface area (Å²) in [5, 5.41) is 15.8. The average Bonchev–Trinajstić information content (AvgIpc) is 3.35. The van der Waals surface area contributed by atoms with Gasteiger partial charge in [0, 0.05) is 0 Å². The molecule has 286 valence electrons. The summed E-state index contributed by atoms with van der Waals surface area (Å²) in [5.74, 6) is 0. The van der Waals surface area contributed by atoms with Gasteiger partial charge >= 0.3 is 0 Å². The van der Waals surface area contributed by atoms with Crippen molar-refractivity contribution in [3.63, 3.8) is 0 Å². The molecule has 0 aliphatic rings. The summed E-state index contributed by atoms with van der Waals surface area (Å²) in [6, 6.07) is 85.5. The fraction of sp³-hybridized carbons (Fsp3) is 0. The molecule has 0 heterocycles. The second-order valence-electron chi connectivity index (χ2n) is 16.8. The first-order chi connectivity index (χ1) is 30.7. The van der Waals surface area contributed by atoms with E-state index in [0.29, 0.717) is 0 Å². The lowest BCUT2D eigenvalue weighted by molar-refractivity contribution is 1.56. The van der Waals surface area contributed by atoms with Crippen LogP contribution in [0.25, 0.3) is 131 Å². The Balaban J connectivity index is 0.777. The highest BCUT2D eigenvalue weighted by atomic mass is 14.2. The third-order valence-corrected chi connectivity index (χ3v) is 13.4. The number of rotatable bonds is 6. The summed E-state index contributed by atoms with van der Waals surface area (Å²) in [7, 11) is 0. The molecule has 0 saturated heterocycles. The van der Waals surface area contributed by atoms with E-state index in [9.17, 15) is 0 Å². The Morgan fingerprint density at radius 2 is 0.435 bits per heavy atom. The fourth-order valence-electron chi connectivity index (χ4n) is 10.3. The van der Waals surface area contributed by atoms with Gasteiger partial charge in [0.05, 0.1) is 0 Å². The molecule has 13 aromatic rings. The van der Waals surface area contributed by atoms with E-state index in [0.717, 1.165) is 0 Å². The standard InChI is InChI=1S/C62H38/c1-6-43-24-26-47-28-32-55(57-34-30-45(8-1)59(43)61(47)57)42-22-20-41(21-23-42)50-11-4-14-53(37-50)52-13-3-10-49(36-52)39-16-18-40(19-17-39)51-12-5-15-54(38-51)56-33-29-48-27-25-44-7-2-9-46-31-35-58(56)62(48)60(44)46/h1-38H. The van der Waals surface area contributed by atoms with Gasteiger partial charge in [0.25, 0.3) is 0 Å². The minimum atomic E-state index is 1.21.